The van der Waals surface area contributed by atoms with Gasteiger partial charge in [-0.15, -0.1) is 0 Å². The minimum absolute atomic E-state index is 0.285. The molecule has 6 heteroatoms. The fourth-order valence-electron chi connectivity index (χ4n) is 2.60. The average Bonchev–Trinajstić information content (AvgIpc) is 3.05. The largest absolute Gasteiger partial charge is 0.384 e. The Balaban J connectivity index is 1.91. The highest BCUT2D eigenvalue weighted by atomic mass is 16.1. The van der Waals surface area contributed by atoms with E-state index in [0.717, 1.165) is 23.1 Å². The van der Waals surface area contributed by atoms with Gasteiger partial charge in [0, 0.05) is 17.3 Å². The van der Waals surface area contributed by atoms with Crippen molar-refractivity contribution in [1.82, 2.24) is 19.6 Å². The minimum atomic E-state index is 0.285. The number of hydrogen-bond acceptors (Lipinski definition) is 5. The Morgan fingerprint density at radius 3 is 2.62 bits per heavy atom. The Morgan fingerprint density at radius 1 is 1.00 bits per heavy atom. The summed E-state index contributed by atoms with van der Waals surface area (Å²) in [6.45, 7) is 0. The van der Waals surface area contributed by atoms with Crippen LogP contribution in [0.4, 0.5) is 5.82 Å². The predicted molar refractivity (Wildman–Crippen MR) is 91.5 cm³/mol. The monoisotopic (exact) mass is 315 g/mol. The number of nitrogens with zero attached hydrogens (tertiary/aromatic N) is 4. The summed E-state index contributed by atoms with van der Waals surface area (Å²) in [5, 5.41) is 4.30. The standard InChI is InChI=1S/C18H13N5O/c19-17-9-12(11-24)8-16(21-17)14-10-20-23-7-6-15(22-18(14)23)13-4-2-1-3-5-13/h1-11H,(H2,19,21). The van der Waals surface area contributed by atoms with Crippen LogP contribution in [0.3, 0.4) is 0 Å². The Labute approximate surface area is 137 Å². The van der Waals surface area contributed by atoms with Crippen molar-refractivity contribution in [3.8, 4) is 22.5 Å². The molecule has 0 aliphatic rings. The number of nitrogen functional groups attached to an aromatic ring is 1. The molecule has 3 heterocycles. The van der Waals surface area contributed by atoms with Crippen LogP contribution in [0.25, 0.3) is 28.2 Å². The van der Waals surface area contributed by atoms with E-state index in [1.807, 2.05) is 42.6 Å². The Hall–Kier alpha value is -3.54. The summed E-state index contributed by atoms with van der Waals surface area (Å²) >= 11 is 0. The van der Waals surface area contributed by atoms with Crippen molar-refractivity contribution in [3.05, 3.63) is 66.5 Å². The topological polar surface area (TPSA) is 86.2 Å². The highest BCUT2D eigenvalue weighted by molar-refractivity contribution is 5.83. The van der Waals surface area contributed by atoms with Crippen LogP contribution in [-0.4, -0.2) is 25.9 Å². The van der Waals surface area contributed by atoms with Gasteiger partial charge in [-0.25, -0.2) is 14.5 Å². The van der Waals surface area contributed by atoms with Crippen LogP contribution in [0.1, 0.15) is 10.4 Å². The van der Waals surface area contributed by atoms with Crippen LogP contribution < -0.4 is 5.73 Å². The lowest BCUT2D eigenvalue weighted by Gasteiger charge is -2.04. The van der Waals surface area contributed by atoms with Crippen LogP contribution in [0, 0.1) is 0 Å². The highest BCUT2D eigenvalue weighted by Gasteiger charge is 2.12. The molecule has 0 unspecified atom stereocenters. The van der Waals surface area contributed by atoms with Gasteiger partial charge >= 0.3 is 0 Å². The molecule has 0 saturated carbocycles. The summed E-state index contributed by atoms with van der Waals surface area (Å²) in [7, 11) is 0. The molecule has 0 spiro atoms. The smallest absolute Gasteiger partial charge is 0.164 e. The zero-order valence-corrected chi connectivity index (χ0v) is 12.6. The molecule has 4 rings (SSSR count). The molecule has 3 aromatic heterocycles. The molecule has 2 N–H and O–H groups in total. The molecule has 0 aliphatic heterocycles. The van der Waals surface area contributed by atoms with Gasteiger partial charge in [-0.2, -0.15) is 5.10 Å². The van der Waals surface area contributed by atoms with E-state index in [1.165, 1.54) is 6.07 Å². The second-order valence-electron chi connectivity index (χ2n) is 5.33. The van der Waals surface area contributed by atoms with E-state index in [-0.39, 0.29) is 5.82 Å². The number of carbonyl (C=O) groups is 1. The zero-order chi connectivity index (χ0) is 16.5. The molecule has 0 amide bonds. The van der Waals surface area contributed by atoms with E-state index in [0.29, 0.717) is 16.9 Å². The van der Waals surface area contributed by atoms with Crippen LogP contribution in [-0.2, 0) is 0 Å². The molecule has 0 fully saturated rings. The number of carbonyl (C=O) groups excluding carboxylic acids is 1. The first-order chi connectivity index (χ1) is 11.7. The fourth-order valence-corrected chi connectivity index (χ4v) is 2.60. The second kappa shape index (κ2) is 5.58. The summed E-state index contributed by atoms with van der Waals surface area (Å²) in [5.41, 5.74) is 10.1. The number of aldehydes is 1. The number of nitrogens with two attached hydrogens (primary N) is 1. The molecular formula is C18H13N5O. The van der Waals surface area contributed by atoms with Gasteiger partial charge in [-0.3, -0.25) is 4.79 Å². The van der Waals surface area contributed by atoms with Gasteiger partial charge in [-0.05, 0) is 18.2 Å². The quantitative estimate of drug-likeness (QED) is 0.587. The van der Waals surface area contributed by atoms with Crippen molar-refractivity contribution < 1.29 is 4.79 Å². The zero-order valence-electron chi connectivity index (χ0n) is 12.6. The van der Waals surface area contributed by atoms with Crippen LogP contribution in [0.15, 0.2) is 60.9 Å². The van der Waals surface area contributed by atoms with Crippen molar-refractivity contribution in [2.24, 2.45) is 0 Å². The van der Waals surface area contributed by atoms with Crippen molar-refractivity contribution in [2.75, 3.05) is 5.73 Å². The third-order valence-electron chi connectivity index (χ3n) is 3.72. The molecule has 4 aromatic rings. The number of benzene rings is 1. The van der Waals surface area contributed by atoms with Crippen LogP contribution in [0.5, 0.6) is 0 Å². The van der Waals surface area contributed by atoms with Crippen molar-refractivity contribution >= 4 is 17.8 Å². The van der Waals surface area contributed by atoms with Gasteiger partial charge in [0.15, 0.2) is 5.65 Å². The highest BCUT2D eigenvalue weighted by Crippen LogP contribution is 2.25. The first kappa shape index (κ1) is 14.1. The van der Waals surface area contributed by atoms with Crippen molar-refractivity contribution in [2.45, 2.75) is 0 Å². The summed E-state index contributed by atoms with van der Waals surface area (Å²) in [4.78, 5) is 20.1. The maximum Gasteiger partial charge on any atom is 0.164 e. The Bertz CT molecular complexity index is 1040. The normalized spacial score (nSPS) is 10.8. The van der Waals surface area contributed by atoms with Gasteiger partial charge in [-0.1, -0.05) is 30.3 Å². The number of hydrogen-bond donors (Lipinski definition) is 1. The lowest BCUT2D eigenvalue weighted by molar-refractivity contribution is 0.112. The van der Waals surface area contributed by atoms with E-state index in [4.69, 9.17) is 10.7 Å². The molecule has 0 aliphatic carbocycles. The fraction of sp³-hybridized carbons (Fsp3) is 0. The molecular weight excluding hydrogens is 302 g/mol. The first-order valence-electron chi connectivity index (χ1n) is 7.37. The summed E-state index contributed by atoms with van der Waals surface area (Å²) in [5.74, 6) is 0.285. The van der Waals surface area contributed by atoms with E-state index in [9.17, 15) is 4.79 Å². The number of aromatic nitrogens is 4. The number of pyridine rings is 1. The Morgan fingerprint density at radius 2 is 1.83 bits per heavy atom. The molecule has 0 radical (unpaired) electrons. The number of rotatable bonds is 3. The molecule has 6 nitrogen and oxygen atoms in total. The number of anilines is 1. The van der Waals surface area contributed by atoms with Crippen molar-refractivity contribution in [3.63, 3.8) is 0 Å². The van der Waals surface area contributed by atoms with Gasteiger partial charge in [0.2, 0.25) is 0 Å². The first-order valence-corrected chi connectivity index (χ1v) is 7.37. The summed E-state index contributed by atoms with van der Waals surface area (Å²) in [6.07, 6.45) is 4.27. The third kappa shape index (κ3) is 2.40. The molecule has 0 saturated heterocycles. The van der Waals surface area contributed by atoms with Crippen molar-refractivity contribution in [1.29, 1.82) is 0 Å². The Kier molecular flexibility index (Phi) is 3.28. The van der Waals surface area contributed by atoms with E-state index >= 15 is 0 Å². The lowest BCUT2D eigenvalue weighted by Crippen LogP contribution is -1.96. The SMILES string of the molecule is Nc1cc(C=O)cc(-c2cnn3ccc(-c4ccccc4)nc23)n1. The molecule has 1 aromatic carbocycles. The van der Waals surface area contributed by atoms with E-state index < -0.39 is 0 Å². The van der Waals surface area contributed by atoms with E-state index in [1.54, 1.807) is 16.8 Å². The van der Waals surface area contributed by atoms with Gasteiger partial charge < -0.3 is 5.73 Å². The van der Waals surface area contributed by atoms with Gasteiger partial charge in [0.25, 0.3) is 0 Å². The third-order valence-corrected chi connectivity index (χ3v) is 3.72. The molecule has 116 valence electrons. The summed E-state index contributed by atoms with van der Waals surface area (Å²) in [6, 6.07) is 15.0. The molecule has 0 bridgehead atoms. The van der Waals surface area contributed by atoms with Crippen LogP contribution in [0.2, 0.25) is 0 Å². The summed E-state index contributed by atoms with van der Waals surface area (Å²) < 4.78 is 1.67. The lowest BCUT2D eigenvalue weighted by atomic mass is 10.1. The predicted octanol–water partition coefficient (Wildman–Crippen LogP) is 2.85. The van der Waals surface area contributed by atoms with Gasteiger partial charge in [0.05, 0.1) is 23.1 Å². The van der Waals surface area contributed by atoms with Crippen LogP contribution >= 0.6 is 0 Å². The second-order valence-corrected chi connectivity index (χ2v) is 5.33. The molecule has 24 heavy (non-hydrogen) atoms. The maximum absolute atomic E-state index is 11.1. The number of fused-ring (bicyclic) bond motifs is 1. The average molecular weight is 315 g/mol. The van der Waals surface area contributed by atoms with Gasteiger partial charge in [0.1, 0.15) is 12.1 Å². The minimum Gasteiger partial charge on any atom is -0.384 e. The van der Waals surface area contributed by atoms with E-state index in [2.05, 4.69) is 10.1 Å². The maximum atomic E-state index is 11.1. The molecule has 0 atom stereocenters.